The summed E-state index contributed by atoms with van der Waals surface area (Å²) in [5.74, 6) is 2.22. The first-order valence-corrected chi connectivity index (χ1v) is 13.1. The molecule has 1 aliphatic rings. The van der Waals surface area contributed by atoms with Crippen molar-refractivity contribution >= 4 is 29.3 Å². The number of allylic oxidation sites excluding steroid dienone is 1. The Bertz CT molecular complexity index is 1220. The largest absolute Gasteiger partial charge is 0.491 e. The van der Waals surface area contributed by atoms with Gasteiger partial charge in [-0.05, 0) is 69.5 Å². The molecule has 8 heteroatoms. The van der Waals surface area contributed by atoms with Gasteiger partial charge in [0.05, 0.1) is 11.7 Å². The number of hydrogen-bond donors (Lipinski definition) is 2. The van der Waals surface area contributed by atoms with E-state index in [9.17, 15) is 4.79 Å². The zero-order valence-corrected chi connectivity index (χ0v) is 21.8. The van der Waals surface area contributed by atoms with Crippen LogP contribution >= 0.6 is 11.8 Å². The Morgan fingerprint density at radius 2 is 1.97 bits per heavy atom. The number of carbonyl (C=O) groups excluding carboxylic acids is 1. The van der Waals surface area contributed by atoms with Gasteiger partial charge in [0.1, 0.15) is 11.8 Å². The lowest BCUT2D eigenvalue weighted by Gasteiger charge is -2.28. The summed E-state index contributed by atoms with van der Waals surface area (Å²) in [6.45, 7) is 10.1. The molecule has 0 saturated carbocycles. The third-order valence-electron chi connectivity index (χ3n) is 5.65. The molecule has 1 atom stereocenters. The maximum atomic E-state index is 13.6. The van der Waals surface area contributed by atoms with Crippen LogP contribution in [0, 0.1) is 6.92 Å². The zero-order chi connectivity index (χ0) is 24.9. The van der Waals surface area contributed by atoms with Gasteiger partial charge in [-0.1, -0.05) is 49.4 Å². The Morgan fingerprint density at radius 3 is 2.66 bits per heavy atom. The van der Waals surface area contributed by atoms with Crippen LogP contribution in [0.3, 0.4) is 0 Å². The van der Waals surface area contributed by atoms with E-state index < -0.39 is 6.04 Å². The van der Waals surface area contributed by atoms with Crippen LogP contribution in [0.5, 0.6) is 5.75 Å². The molecule has 0 bridgehead atoms. The highest BCUT2D eigenvalue weighted by molar-refractivity contribution is 7.99. The van der Waals surface area contributed by atoms with Crippen LogP contribution in [0.15, 0.2) is 65.0 Å². The lowest BCUT2D eigenvalue weighted by atomic mass is 9.95. The van der Waals surface area contributed by atoms with Crippen LogP contribution in [0.2, 0.25) is 0 Å². The van der Waals surface area contributed by atoms with Gasteiger partial charge in [-0.3, -0.25) is 4.79 Å². The maximum Gasteiger partial charge on any atom is 0.255 e. The van der Waals surface area contributed by atoms with Gasteiger partial charge in [0.15, 0.2) is 0 Å². The van der Waals surface area contributed by atoms with Gasteiger partial charge in [-0.2, -0.15) is 4.98 Å². The molecule has 0 aliphatic carbocycles. The molecule has 7 nitrogen and oxygen atoms in total. The summed E-state index contributed by atoms with van der Waals surface area (Å²) in [7, 11) is 0. The van der Waals surface area contributed by atoms with Crippen molar-refractivity contribution in [2.45, 2.75) is 64.8 Å². The summed E-state index contributed by atoms with van der Waals surface area (Å²) in [4.78, 5) is 18.3. The molecule has 0 fully saturated rings. The van der Waals surface area contributed by atoms with Gasteiger partial charge in [-0.25, -0.2) is 4.68 Å². The SMILES string of the molecule is CCCCSc1nc2n(n1)C(c1ccc(OC(C)C)cc1)C(C(=O)Nc1cccc(C)c1)=C(C)N2. The minimum Gasteiger partial charge on any atom is -0.491 e. The van der Waals surface area contributed by atoms with E-state index in [4.69, 9.17) is 14.8 Å². The number of aromatic nitrogens is 3. The number of amides is 1. The van der Waals surface area contributed by atoms with Gasteiger partial charge >= 0.3 is 0 Å². The van der Waals surface area contributed by atoms with E-state index in [2.05, 4.69) is 17.6 Å². The normalized spacial score (nSPS) is 15.1. The van der Waals surface area contributed by atoms with E-state index >= 15 is 0 Å². The van der Waals surface area contributed by atoms with Crippen molar-refractivity contribution in [1.29, 1.82) is 0 Å². The summed E-state index contributed by atoms with van der Waals surface area (Å²) in [6, 6.07) is 15.3. The van der Waals surface area contributed by atoms with Crippen molar-refractivity contribution in [2.75, 3.05) is 16.4 Å². The zero-order valence-electron chi connectivity index (χ0n) is 21.0. The van der Waals surface area contributed by atoms with Crippen LogP contribution < -0.4 is 15.4 Å². The topological polar surface area (TPSA) is 81.1 Å². The molecule has 0 spiro atoms. The first-order chi connectivity index (χ1) is 16.9. The molecule has 35 heavy (non-hydrogen) atoms. The standard InChI is InChI=1S/C27H33N5O2S/c1-6-7-15-35-27-30-26-28-19(5)23(25(33)29-21-10-8-9-18(4)16-21)24(32(26)31-27)20-11-13-22(14-12-20)34-17(2)3/h8-14,16-17,24H,6-7,15H2,1-5H3,(H,29,33)(H,28,30,31). The number of fused-ring (bicyclic) bond motifs is 1. The second-order valence-electron chi connectivity index (χ2n) is 8.99. The van der Waals surface area contributed by atoms with Crippen LogP contribution in [0.25, 0.3) is 0 Å². The van der Waals surface area contributed by atoms with E-state index in [1.165, 1.54) is 0 Å². The summed E-state index contributed by atoms with van der Waals surface area (Å²) in [5.41, 5.74) is 4.14. The number of nitrogens with one attached hydrogen (secondary N) is 2. The van der Waals surface area contributed by atoms with E-state index in [-0.39, 0.29) is 12.0 Å². The van der Waals surface area contributed by atoms with Crippen LogP contribution in [0.1, 0.15) is 57.7 Å². The highest BCUT2D eigenvalue weighted by Gasteiger charge is 2.34. The number of carbonyl (C=O) groups is 1. The molecule has 0 saturated heterocycles. The third kappa shape index (κ3) is 5.88. The molecule has 2 aromatic carbocycles. The van der Waals surface area contributed by atoms with Crippen molar-refractivity contribution < 1.29 is 9.53 Å². The quantitative estimate of drug-likeness (QED) is 0.274. The predicted molar refractivity (Wildman–Crippen MR) is 142 cm³/mol. The average Bonchev–Trinajstić information content (AvgIpc) is 3.20. The molecule has 3 aromatic rings. The Morgan fingerprint density at radius 1 is 1.20 bits per heavy atom. The van der Waals surface area contributed by atoms with Gasteiger partial charge in [-0.15, -0.1) is 5.10 Å². The fraction of sp³-hybridized carbons (Fsp3) is 0.370. The Kier molecular flexibility index (Phi) is 7.80. The molecular formula is C27H33N5O2S. The van der Waals surface area contributed by atoms with Crippen molar-refractivity contribution in [1.82, 2.24) is 14.8 Å². The number of thioether (sulfide) groups is 1. The van der Waals surface area contributed by atoms with Crippen molar-refractivity contribution in [3.8, 4) is 5.75 Å². The van der Waals surface area contributed by atoms with Crippen molar-refractivity contribution in [3.05, 3.63) is 70.9 Å². The van der Waals surface area contributed by atoms with Crippen molar-refractivity contribution in [2.24, 2.45) is 0 Å². The predicted octanol–water partition coefficient (Wildman–Crippen LogP) is 6.19. The number of rotatable bonds is 9. The molecule has 1 aromatic heterocycles. The number of hydrogen-bond acceptors (Lipinski definition) is 6. The number of anilines is 2. The Labute approximate surface area is 211 Å². The van der Waals surface area contributed by atoms with Crippen molar-refractivity contribution in [3.63, 3.8) is 0 Å². The van der Waals surface area contributed by atoms with Gasteiger partial charge in [0.2, 0.25) is 11.1 Å². The molecule has 1 amide bonds. The molecule has 2 N–H and O–H groups in total. The highest BCUT2D eigenvalue weighted by atomic mass is 32.2. The van der Waals surface area contributed by atoms with Crippen LogP contribution in [0.4, 0.5) is 11.6 Å². The molecule has 1 aliphatic heterocycles. The van der Waals surface area contributed by atoms with E-state index in [1.807, 2.05) is 80.9 Å². The molecule has 0 radical (unpaired) electrons. The summed E-state index contributed by atoms with van der Waals surface area (Å²) < 4.78 is 7.65. The molecule has 2 heterocycles. The number of nitrogens with zero attached hydrogens (tertiary/aromatic N) is 3. The van der Waals surface area contributed by atoms with Gasteiger partial charge in [0, 0.05) is 17.1 Å². The van der Waals surface area contributed by atoms with Gasteiger partial charge < -0.3 is 15.4 Å². The second-order valence-corrected chi connectivity index (χ2v) is 10.1. The third-order valence-corrected chi connectivity index (χ3v) is 6.57. The van der Waals surface area contributed by atoms with Crippen LogP contribution in [-0.2, 0) is 4.79 Å². The molecule has 1 unspecified atom stereocenters. The number of ether oxygens (including phenoxy) is 1. The van der Waals surface area contributed by atoms with Crippen LogP contribution in [-0.4, -0.2) is 32.5 Å². The summed E-state index contributed by atoms with van der Waals surface area (Å²) in [6.07, 6.45) is 2.31. The summed E-state index contributed by atoms with van der Waals surface area (Å²) >= 11 is 1.64. The Balaban J connectivity index is 1.71. The minimum atomic E-state index is -0.419. The lowest BCUT2D eigenvalue weighted by molar-refractivity contribution is -0.113. The molecular weight excluding hydrogens is 458 g/mol. The number of unbranched alkanes of at least 4 members (excludes halogenated alkanes) is 1. The number of benzene rings is 2. The Hall–Kier alpha value is -3.26. The van der Waals surface area contributed by atoms with E-state index in [0.717, 1.165) is 46.9 Å². The van der Waals surface area contributed by atoms with E-state index in [0.29, 0.717) is 16.7 Å². The minimum absolute atomic E-state index is 0.0853. The summed E-state index contributed by atoms with van der Waals surface area (Å²) in [5, 5.41) is 11.9. The highest BCUT2D eigenvalue weighted by Crippen LogP contribution is 2.37. The molecule has 4 rings (SSSR count). The van der Waals surface area contributed by atoms with E-state index in [1.54, 1.807) is 11.8 Å². The molecule has 184 valence electrons. The maximum absolute atomic E-state index is 13.6. The first kappa shape index (κ1) is 24.9. The average molecular weight is 492 g/mol. The first-order valence-electron chi connectivity index (χ1n) is 12.1. The monoisotopic (exact) mass is 491 g/mol. The smallest absolute Gasteiger partial charge is 0.255 e. The fourth-order valence-electron chi connectivity index (χ4n) is 4.02. The lowest BCUT2D eigenvalue weighted by Crippen LogP contribution is -2.31. The second kappa shape index (κ2) is 11.0. The number of aryl methyl sites for hydroxylation is 1. The van der Waals surface area contributed by atoms with Gasteiger partial charge in [0.25, 0.3) is 5.91 Å². The fourth-order valence-corrected chi connectivity index (χ4v) is 4.94.